The Morgan fingerprint density at radius 1 is 1.28 bits per heavy atom. The molecule has 2 rings (SSSR count). The van der Waals surface area contributed by atoms with Gasteiger partial charge in [0.25, 0.3) is 0 Å². The molecular weight excluding hydrogens is 340 g/mol. The number of methoxy groups -OCH3 is 1. The van der Waals surface area contributed by atoms with Crippen LogP contribution in [0, 0.1) is 5.92 Å². The van der Waals surface area contributed by atoms with Crippen molar-refractivity contribution < 1.29 is 17.9 Å². The zero-order chi connectivity index (χ0) is 18.4. The predicted molar refractivity (Wildman–Crippen MR) is 98.3 cm³/mol. The number of carbonyl (C=O) groups excluding carboxylic acids is 1. The minimum atomic E-state index is -3.64. The molecule has 1 aliphatic heterocycles. The largest absolute Gasteiger partial charge is 0.495 e. The first kappa shape index (κ1) is 19.7. The van der Waals surface area contributed by atoms with Crippen LogP contribution in [0.15, 0.2) is 23.1 Å². The lowest BCUT2D eigenvalue weighted by molar-refractivity contribution is -0.119. The first-order chi connectivity index (χ1) is 11.9. The summed E-state index contributed by atoms with van der Waals surface area (Å²) < 4.78 is 32.7. The first-order valence-electron chi connectivity index (χ1n) is 8.89. The van der Waals surface area contributed by atoms with Crippen LogP contribution in [0.4, 0.5) is 5.69 Å². The van der Waals surface area contributed by atoms with Gasteiger partial charge in [0.1, 0.15) is 10.6 Å². The maximum atomic E-state index is 13.0. The maximum Gasteiger partial charge on any atom is 0.246 e. The Morgan fingerprint density at radius 2 is 1.96 bits per heavy atom. The molecule has 0 aliphatic carbocycles. The van der Waals surface area contributed by atoms with Gasteiger partial charge in [-0.2, -0.15) is 4.31 Å². The summed E-state index contributed by atoms with van der Waals surface area (Å²) in [4.78, 5) is 12.3. The van der Waals surface area contributed by atoms with E-state index in [0.29, 0.717) is 24.5 Å². The number of rotatable bonds is 7. The Labute approximate surface area is 150 Å². The molecule has 1 fully saturated rings. The molecule has 1 aromatic carbocycles. The summed E-state index contributed by atoms with van der Waals surface area (Å²) in [5.74, 6) is 0.0766. The van der Waals surface area contributed by atoms with Gasteiger partial charge in [-0.1, -0.05) is 26.7 Å². The predicted octanol–water partition coefficient (Wildman–Crippen LogP) is 3.24. The highest BCUT2D eigenvalue weighted by Gasteiger charge is 2.29. The SMILES string of the molecule is CCC[C@@H](C)C(=O)Nc1ccc(OC)c(S(=O)(=O)N2CCCCC2)c1. The number of hydrogen-bond donors (Lipinski definition) is 1. The van der Waals surface area contributed by atoms with Crippen LogP contribution in [0.2, 0.25) is 0 Å². The van der Waals surface area contributed by atoms with Crippen molar-refractivity contribution in [2.75, 3.05) is 25.5 Å². The Bertz CT molecular complexity index is 697. The van der Waals surface area contributed by atoms with E-state index in [-0.39, 0.29) is 16.7 Å². The minimum absolute atomic E-state index is 0.103. The van der Waals surface area contributed by atoms with Crippen LogP contribution in [-0.4, -0.2) is 38.8 Å². The van der Waals surface area contributed by atoms with Crippen LogP contribution in [-0.2, 0) is 14.8 Å². The monoisotopic (exact) mass is 368 g/mol. The molecule has 25 heavy (non-hydrogen) atoms. The summed E-state index contributed by atoms with van der Waals surface area (Å²) in [6, 6.07) is 4.76. The Kier molecular flexibility index (Phi) is 6.84. The van der Waals surface area contributed by atoms with Gasteiger partial charge in [0, 0.05) is 24.7 Å². The van der Waals surface area contributed by atoms with Gasteiger partial charge in [-0.3, -0.25) is 4.79 Å². The van der Waals surface area contributed by atoms with Gasteiger partial charge in [0.05, 0.1) is 7.11 Å². The number of nitrogens with zero attached hydrogens (tertiary/aromatic N) is 1. The van der Waals surface area contributed by atoms with Gasteiger partial charge in [0.2, 0.25) is 15.9 Å². The number of amides is 1. The standard InChI is InChI=1S/C18H28N2O4S/c1-4-8-14(2)18(21)19-15-9-10-16(24-3)17(13-15)25(22,23)20-11-6-5-7-12-20/h9-10,13-14H,4-8,11-12H2,1-3H3,(H,19,21)/t14-/m1/s1. The zero-order valence-electron chi connectivity index (χ0n) is 15.2. The molecule has 0 spiro atoms. The Balaban J connectivity index is 2.29. The summed E-state index contributed by atoms with van der Waals surface area (Å²) in [6.07, 6.45) is 4.50. The molecule has 1 amide bonds. The van der Waals surface area contributed by atoms with Crippen molar-refractivity contribution in [1.29, 1.82) is 0 Å². The normalized spacial score (nSPS) is 17.1. The second-order valence-electron chi connectivity index (χ2n) is 6.51. The van der Waals surface area contributed by atoms with E-state index < -0.39 is 10.0 Å². The minimum Gasteiger partial charge on any atom is -0.495 e. The van der Waals surface area contributed by atoms with Gasteiger partial charge in [-0.05, 0) is 37.5 Å². The third kappa shape index (κ3) is 4.73. The van der Waals surface area contributed by atoms with E-state index >= 15 is 0 Å². The van der Waals surface area contributed by atoms with E-state index in [2.05, 4.69) is 5.32 Å². The summed E-state index contributed by atoms with van der Waals surface area (Å²) in [7, 11) is -2.19. The van der Waals surface area contributed by atoms with Crippen LogP contribution < -0.4 is 10.1 Å². The molecule has 1 saturated heterocycles. The number of sulfonamides is 1. The van der Waals surface area contributed by atoms with Crippen molar-refractivity contribution in [3.63, 3.8) is 0 Å². The van der Waals surface area contributed by atoms with Gasteiger partial charge in [-0.15, -0.1) is 0 Å². The van der Waals surface area contributed by atoms with E-state index in [1.54, 1.807) is 12.1 Å². The van der Waals surface area contributed by atoms with E-state index in [9.17, 15) is 13.2 Å². The number of anilines is 1. The Hall–Kier alpha value is -1.60. The number of carbonyl (C=O) groups is 1. The van der Waals surface area contributed by atoms with E-state index in [1.807, 2.05) is 13.8 Å². The highest BCUT2D eigenvalue weighted by molar-refractivity contribution is 7.89. The number of benzene rings is 1. The topological polar surface area (TPSA) is 75.7 Å². The van der Waals surface area contributed by atoms with Crippen LogP contribution in [0.25, 0.3) is 0 Å². The maximum absolute atomic E-state index is 13.0. The molecule has 0 saturated carbocycles. The summed E-state index contributed by atoms with van der Waals surface area (Å²) in [6.45, 7) is 4.94. The molecule has 140 valence electrons. The molecule has 0 bridgehead atoms. The first-order valence-corrected chi connectivity index (χ1v) is 10.3. The molecule has 0 radical (unpaired) electrons. The number of nitrogens with one attached hydrogen (secondary N) is 1. The van der Waals surface area contributed by atoms with E-state index in [4.69, 9.17) is 4.74 Å². The van der Waals surface area contributed by atoms with Crippen LogP contribution >= 0.6 is 0 Å². The molecule has 0 aromatic heterocycles. The third-order valence-electron chi connectivity index (χ3n) is 4.53. The molecule has 1 atom stereocenters. The van der Waals surface area contributed by atoms with Crippen LogP contribution in [0.3, 0.4) is 0 Å². The second kappa shape index (κ2) is 8.67. The Morgan fingerprint density at radius 3 is 2.56 bits per heavy atom. The molecule has 1 N–H and O–H groups in total. The van der Waals surface area contributed by atoms with Crippen LogP contribution in [0.1, 0.15) is 46.0 Å². The lowest BCUT2D eigenvalue weighted by Gasteiger charge is -2.26. The number of ether oxygens (including phenoxy) is 1. The molecule has 6 nitrogen and oxygen atoms in total. The van der Waals surface area contributed by atoms with E-state index in [0.717, 1.165) is 32.1 Å². The molecule has 0 unspecified atom stereocenters. The number of hydrogen-bond acceptors (Lipinski definition) is 4. The molecular formula is C18H28N2O4S. The lowest BCUT2D eigenvalue weighted by Crippen LogP contribution is -2.35. The van der Waals surface area contributed by atoms with Crippen molar-refractivity contribution in [2.24, 2.45) is 5.92 Å². The van der Waals surface area contributed by atoms with Crippen molar-refractivity contribution in [1.82, 2.24) is 4.31 Å². The number of piperidine rings is 1. The van der Waals surface area contributed by atoms with Gasteiger partial charge < -0.3 is 10.1 Å². The fraction of sp³-hybridized carbons (Fsp3) is 0.611. The smallest absolute Gasteiger partial charge is 0.246 e. The lowest BCUT2D eigenvalue weighted by atomic mass is 10.1. The van der Waals surface area contributed by atoms with Crippen LogP contribution in [0.5, 0.6) is 5.75 Å². The highest BCUT2D eigenvalue weighted by Crippen LogP contribution is 2.31. The second-order valence-corrected chi connectivity index (χ2v) is 8.42. The molecule has 1 aliphatic rings. The van der Waals surface area contributed by atoms with Gasteiger partial charge >= 0.3 is 0 Å². The quantitative estimate of drug-likeness (QED) is 0.802. The summed E-state index contributed by atoms with van der Waals surface area (Å²) in [5.41, 5.74) is 0.476. The molecule has 1 aromatic rings. The van der Waals surface area contributed by atoms with E-state index in [1.165, 1.54) is 17.5 Å². The third-order valence-corrected chi connectivity index (χ3v) is 6.45. The van der Waals surface area contributed by atoms with Crippen molar-refractivity contribution in [3.05, 3.63) is 18.2 Å². The molecule has 1 heterocycles. The fourth-order valence-corrected chi connectivity index (χ4v) is 4.73. The molecule has 7 heteroatoms. The van der Waals surface area contributed by atoms with Gasteiger partial charge in [0.15, 0.2) is 0 Å². The average molecular weight is 368 g/mol. The highest BCUT2D eigenvalue weighted by atomic mass is 32.2. The van der Waals surface area contributed by atoms with Gasteiger partial charge in [-0.25, -0.2) is 8.42 Å². The average Bonchev–Trinajstić information content (AvgIpc) is 2.62. The summed E-state index contributed by atoms with van der Waals surface area (Å²) in [5, 5.41) is 2.82. The van der Waals surface area contributed by atoms with Crippen molar-refractivity contribution >= 4 is 21.6 Å². The fourth-order valence-electron chi connectivity index (χ4n) is 3.03. The van der Waals surface area contributed by atoms with Crippen molar-refractivity contribution in [2.45, 2.75) is 50.8 Å². The van der Waals surface area contributed by atoms with Crippen molar-refractivity contribution in [3.8, 4) is 5.75 Å². The zero-order valence-corrected chi connectivity index (χ0v) is 16.1. The summed E-state index contributed by atoms with van der Waals surface area (Å²) >= 11 is 0.